The van der Waals surface area contributed by atoms with Crippen molar-refractivity contribution in [2.45, 2.75) is 19.9 Å². The van der Waals surface area contributed by atoms with Gasteiger partial charge >= 0.3 is 0 Å². The Labute approximate surface area is 69.4 Å². The van der Waals surface area contributed by atoms with Crippen LogP contribution in [-0.4, -0.2) is 36.6 Å². The fourth-order valence-corrected chi connectivity index (χ4v) is 0.915. The molecule has 0 aliphatic rings. The summed E-state index contributed by atoms with van der Waals surface area (Å²) in [6, 6.07) is 0.419. The molecule has 0 aliphatic heterocycles. The zero-order valence-electron chi connectivity index (χ0n) is 7.96. The number of nitrogens with zero attached hydrogens (tertiary/aromatic N) is 2. The van der Waals surface area contributed by atoms with Crippen molar-refractivity contribution in [1.82, 2.24) is 9.91 Å². The lowest BCUT2D eigenvalue weighted by atomic mass is 10.3. The molecule has 0 spiro atoms. The van der Waals surface area contributed by atoms with Crippen LogP contribution in [0.25, 0.3) is 0 Å². The Morgan fingerprint density at radius 1 is 1.55 bits per heavy atom. The van der Waals surface area contributed by atoms with Crippen LogP contribution in [0.4, 0.5) is 0 Å². The van der Waals surface area contributed by atoms with Crippen LogP contribution in [0.3, 0.4) is 0 Å². The summed E-state index contributed by atoms with van der Waals surface area (Å²) >= 11 is 0. The summed E-state index contributed by atoms with van der Waals surface area (Å²) in [5.74, 6) is 5.51. The quantitative estimate of drug-likeness (QED) is 0.480. The molecule has 0 fully saturated rings. The molecule has 0 bridgehead atoms. The molecule has 0 aliphatic carbocycles. The molecule has 0 rings (SSSR count). The summed E-state index contributed by atoms with van der Waals surface area (Å²) in [5.41, 5.74) is 1.07. The van der Waals surface area contributed by atoms with E-state index in [2.05, 4.69) is 18.4 Å². The van der Waals surface area contributed by atoms with Crippen molar-refractivity contribution in [2.24, 2.45) is 5.84 Å². The molecule has 0 heterocycles. The Morgan fingerprint density at radius 2 is 2.00 bits per heavy atom. The van der Waals surface area contributed by atoms with Crippen LogP contribution >= 0.6 is 0 Å². The molecule has 1 atom stereocenters. The maximum absolute atomic E-state index is 5.51. The van der Waals surface area contributed by atoms with Gasteiger partial charge in [0.25, 0.3) is 0 Å². The fraction of sp³-hybridized carbons (Fsp3) is 0.750. The maximum Gasteiger partial charge on any atom is 0.0396 e. The van der Waals surface area contributed by atoms with Gasteiger partial charge in [0, 0.05) is 32.4 Å². The lowest BCUT2D eigenvalue weighted by molar-refractivity contribution is 0.230. The first-order chi connectivity index (χ1) is 4.95. The van der Waals surface area contributed by atoms with Crippen molar-refractivity contribution in [3.63, 3.8) is 0 Å². The minimum absolute atomic E-state index is 0.419. The monoisotopic (exact) mass is 157 g/mol. The predicted molar refractivity (Wildman–Crippen MR) is 48.9 cm³/mol. The zero-order valence-corrected chi connectivity index (χ0v) is 7.96. The van der Waals surface area contributed by atoms with Gasteiger partial charge in [-0.05, 0) is 13.8 Å². The second-order valence-electron chi connectivity index (χ2n) is 3.13. The molecule has 0 aromatic rings. The number of hydrazine groups is 1. The highest BCUT2D eigenvalue weighted by atomic mass is 15.4. The molecule has 0 saturated heterocycles. The Hall–Kier alpha value is -0.540. The van der Waals surface area contributed by atoms with Crippen LogP contribution in [0.15, 0.2) is 12.3 Å². The Bertz CT molecular complexity index is 131. The lowest BCUT2D eigenvalue weighted by Crippen LogP contribution is -2.40. The first-order valence-corrected chi connectivity index (χ1v) is 3.79. The van der Waals surface area contributed by atoms with Crippen LogP contribution < -0.4 is 5.84 Å². The first-order valence-electron chi connectivity index (χ1n) is 3.79. The van der Waals surface area contributed by atoms with E-state index in [1.165, 1.54) is 0 Å². The number of allylic oxidation sites excluding steroid dienone is 1. The standard InChI is InChI=1S/C8H19N3/c1-7(2)11(5)8(3)6-10(4)9/h8H,1,6,9H2,2-5H3/t8-/m0/s1. The molecule has 0 aromatic carbocycles. The minimum atomic E-state index is 0.419. The number of nitrogens with two attached hydrogens (primary N) is 1. The van der Waals surface area contributed by atoms with E-state index in [-0.39, 0.29) is 0 Å². The molecule has 0 saturated carbocycles. The molecule has 0 unspecified atom stereocenters. The van der Waals surface area contributed by atoms with Gasteiger partial charge in [-0.2, -0.15) is 0 Å². The molecule has 11 heavy (non-hydrogen) atoms. The summed E-state index contributed by atoms with van der Waals surface area (Å²) in [4.78, 5) is 2.11. The molecule has 0 aromatic heterocycles. The highest BCUT2D eigenvalue weighted by Gasteiger charge is 2.08. The third kappa shape index (κ3) is 4.01. The van der Waals surface area contributed by atoms with Crippen molar-refractivity contribution in [3.8, 4) is 0 Å². The van der Waals surface area contributed by atoms with Gasteiger partial charge < -0.3 is 4.90 Å². The average Bonchev–Trinajstić information content (AvgIpc) is 1.84. The number of rotatable bonds is 4. The van der Waals surface area contributed by atoms with Gasteiger partial charge in [0.2, 0.25) is 0 Å². The lowest BCUT2D eigenvalue weighted by Gasteiger charge is -2.28. The van der Waals surface area contributed by atoms with Gasteiger partial charge in [-0.25, -0.2) is 5.01 Å². The minimum Gasteiger partial charge on any atom is -0.375 e. The van der Waals surface area contributed by atoms with Crippen molar-refractivity contribution >= 4 is 0 Å². The van der Waals surface area contributed by atoms with E-state index in [9.17, 15) is 0 Å². The number of likely N-dealkylation sites (N-methyl/N-ethyl adjacent to an activating group) is 2. The SMILES string of the molecule is C=C(C)N(C)[C@@H](C)CN(C)N. The number of hydrogen-bond acceptors (Lipinski definition) is 3. The van der Waals surface area contributed by atoms with Gasteiger partial charge in [0.05, 0.1) is 0 Å². The van der Waals surface area contributed by atoms with Gasteiger partial charge in [0.1, 0.15) is 0 Å². The summed E-state index contributed by atoms with van der Waals surface area (Å²) in [5, 5.41) is 1.68. The molecule has 0 radical (unpaired) electrons. The van der Waals surface area contributed by atoms with Gasteiger partial charge in [-0.1, -0.05) is 6.58 Å². The largest absolute Gasteiger partial charge is 0.375 e. The molecular formula is C8H19N3. The Balaban J connectivity index is 3.82. The third-order valence-corrected chi connectivity index (χ3v) is 1.82. The molecular weight excluding hydrogens is 138 g/mol. The highest BCUT2D eigenvalue weighted by Crippen LogP contribution is 2.02. The Kier molecular flexibility index (Phi) is 4.15. The predicted octanol–water partition coefficient (Wildman–Crippen LogP) is 0.646. The summed E-state index contributed by atoms with van der Waals surface area (Å²) in [6.07, 6.45) is 0. The summed E-state index contributed by atoms with van der Waals surface area (Å²) < 4.78 is 0. The van der Waals surface area contributed by atoms with E-state index in [0.717, 1.165) is 12.2 Å². The van der Waals surface area contributed by atoms with E-state index < -0.39 is 0 Å². The van der Waals surface area contributed by atoms with E-state index in [4.69, 9.17) is 5.84 Å². The normalized spacial score (nSPS) is 13.3. The summed E-state index contributed by atoms with van der Waals surface area (Å²) in [7, 11) is 3.89. The van der Waals surface area contributed by atoms with Crippen molar-refractivity contribution < 1.29 is 0 Å². The highest BCUT2D eigenvalue weighted by molar-refractivity contribution is 4.89. The summed E-state index contributed by atoms with van der Waals surface area (Å²) in [6.45, 7) is 8.82. The van der Waals surface area contributed by atoms with Crippen LogP contribution in [0, 0.1) is 0 Å². The smallest absolute Gasteiger partial charge is 0.0396 e. The third-order valence-electron chi connectivity index (χ3n) is 1.82. The van der Waals surface area contributed by atoms with Crippen molar-refractivity contribution in [2.75, 3.05) is 20.6 Å². The van der Waals surface area contributed by atoms with Crippen LogP contribution in [0.1, 0.15) is 13.8 Å². The van der Waals surface area contributed by atoms with Crippen LogP contribution in [0.5, 0.6) is 0 Å². The molecule has 2 N–H and O–H groups in total. The molecule has 3 heteroatoms. The van der Waals surface area contributed by atoms with E-state index in [0.29, 0.717) is 6.04 Å². The van der Waals surface area contributed by atoms with Crippen molar-refractivity contribution in [3.05, 3.63) is 12.3 Å². The van der Waals surface area contributed by atoms with E-state index in [1.807, 2.05) is 21.0 Å². The molecule has 0 amide bonds. The van der Waals surface area contributed by atoms with Gasteiger partial charge in [-0.15, -0.1) is 0 Å². The molecule has 3 nitrogen and oxygen atoms in total. The van der Waals surface area contributed by atoms with Crippen LogP contribution in [0.2, 0.25) is 0 Å². The van der Waals surface area contributed by atoms with E-state index >= 15 is 0 Å². The average molecular weight is 157 g/mol. The van der Waals surface area contributed by atoms with E-state index in [1.54, 1.807) is 5.01 Å². The second-order valence-corrected chi connectivity index (χ2v) is 3.13. The zero-order chi connectivity index (χ0) is 9.02. The first kappa shape index (κ1) is 10.5. The van der Waals surface area contributed by atoms with Crippen LogP contribution in [-0.2, 0) is 0 Å². The van der Waals surface area contributed by atoms with Gasteiger partial charge in [-0.3, -0.25) is 5.84 Å². The van der Waals surface area contributed by atoms with Gasteiger partial charge in [0.15, 0.2) is 0 Å². The van der Waals surface area contributed by atoms with Crippen molar-refractivity contribution in [1.29, 1.82) is 0 Å². The Morgan fingerprint density at radius 3 is 2.27 bits per heavy atom. The molecule has 66 valence electrons. The topological polar surface area (TPSA) is 32.5 Å². The second kappa shape index (κ2) is 4.36. The fourth-order valence-electron chi connectivity index (χ4n) is 0.915. The maximum atomic E-state index is 5.51. The number of hydrogen-bond donors (Lipinski definition) is 1.